The molecule has 0 aromatic carbocycles. The fourth-order valence-electron chi connectivity index (χ4n) is 2.13. The molecule has 1 amide bonds. The van der Waals surface area contributed by atoms with Crippen LogP contribution in [0.2, 0.25) is 0 Å². The van der Waals surface area contributed by atoms with Gasteiger partial charge in [-0.1, -0.05) is 25.2 Å². The molecule has 2 nitrogen and oxygen atoms in total. The van der Waals surface area contributed by atoms with Crippen molar-refractivity contribution in [2.75, 3.05) is 13.1 Å². The van der Waals surface area contributed by atoms with Gasteiger partial charge in [0, 0.05) is 19.5 Å². The van der Waals surface area contributed by atoms with Crippen molar-refractivity contribution in [3.63, 3.8) is 0 Å². The van der Waals surface area contributed by atoms with Gasteiger partial charge in [0.1, 0.15) is 0 Å². The second kappa shape index (κ2) is 3.99. The Morgan fingerprint density at radius 1 is 1.50 bits per heavy atom. The van der Waals surface area contributed by atoms with Gasteiger partial charge in [0.05, 0.1) is 0 Å². The third-order valence-corrected chi connectivity index (χ3v) is 2.85. The number of rotatable bonds is 2. The van der Waals surface area contributed by atoms with Gasteiger partial charge in [0.15, 0.2) is 0 Å². The van der Waals surface area contributed by atoms with Crippen LogP contribution in [0.4, 0.5) is 0 Å². The number of hydrogen-bond donors (Lipinski definition) is 0. The highest BCUT2D eigenvalue weighted by atomic mass is 16.2. The minimum absolute atomic E-state index is 0.317. The van der Waals surface area contributed by atoms with Crippen LogP contribution in [0.1, 0.15) is 26.2 Å². The van der Waals surface area contributed by atoms with Crippen LogP contribution in [0.3, 0.4) is 0 Å². The van der Waals surface area contributed by atoms with E-state index in [0.717, 1.165) is 32.4 Å². The summed E-state index contributed by atoms with van der Waals surface area (Å²) in [4.78, 5) is 13.5. The third-order valence-electron chi connectivity index (χ3n) is 2.85. The van der Waals surface area contributed by atoms with E-state index in [9.17, 15) is 4.79 Å². The predicted octanol–water partition coefficient (Wildman–Crippen LogP) is 2.13. The maximum absolute atomic E-state index is 11.5. The molecule has 1 aliphatic heterocycles. The van der Waals surface area contributed by atoms with Gasteiger partial charge in [-0.25, -0.2) is 0 Å². The Balaban J connectivity index is 1.94. The lowest BCUT2D eigenvalue weighted by atomic mass is 10.1. The number of hydrogen-bond acceptors (Lipinski definition) is 1. The zero-order chi connectivity index (χ0) is 9.97. The van der Waals surface area contributed by atoms with Crippen molar-refractivity contribution in [1.82, 2.24) is 4.90 Å². The van der Waals surface area contributed by atoms with Crippen molar-refractivity contribution >= 4 is 5.91 Å². The Hall–Kier alpha value is -1.05. The standard InChI is InChI=1S/C12H17NO/c1-10-7-12(14)13(8-10)9-11-5-3-2-4-6-11/h3,5-6,10H,2,4,7-9H2,1H3. The highest BCUT2D eigenvalue weighted by molar-refractivity contribution is 5.78. The van der Waals surface area contributed by atoms with Crippen molar-refractivity contribution in [3.05, 3.63) is 23.8 Å². The largest absolute Gasteiger partial charge is 0.338 e. The molecule has 1 heterocycles. The highest BCUT2D eigenvalue weighted by Crippen LogP contribution is 2.19. The van der Waals surface area contributed by atoms with Crippen molar-refractivity contribution in [2.24, 2.45) is 5.92 Å². The summed E-state index contributed by atoms with van der Waals surface area (Å²) in [6.07, 6.45) is 9.60. The number of carbonyl (C=O) groups excluding carboxylic acids is 1. The maximum atomic E-state index is 11.5. The SMILES string of the molecule is CC1CC(=O)N(CC2=CCCC=C2)C1. The molecule has 0 aromatic heterocycles. The molecule has 1 unspecified atom stereocenters. The van der Waals surface area contributed by atoms with E-state index >= 15 is 0 Å². The average molecular weight is 191 g/mol. The lowest BCUT2D eigenvalue weighted by Crippen LogP contribution is -2.27. The summed E-state index contributed by atoms with van der Waals surface area (Å²) in [6, 6.07) is 0. The minimum Gasteiger partial charge on any atom is -0.338 e. The van der Waals surface area contributed by atoms with Gasteiger partial charge in [-0.2, -0.15) is 0 Å². The minimum atomic E-state index is 0.317. The molecule has 0 bridgehead atoms. The van der Waals surface area contributed by atoms with Crippen molar-refractivity contribution in [2.45, 2.75) is 26.2 Å². The summed E-state index contributed by atoms with van der Waals surface area (Å²) in [5, 5.41) is 0. The molecule has 1 saturated heterocycles. The molecule has 1 fully saturated rings. The zero-order valence-corrected chi connectivity index (χ0v) is 8.70. The van der Waals surface area contributed by atoms with Crippen LogP contribution in [0.25, 0.3) is 0 Å². The first-order chi connectivity index (χ1) is 6.75. The Morgan fingerprint density at radius 2 is 2.36 bits per heavy atom. The van der Waals surface area contributed by atoms with Gasteiger partial charge in [-0.15, -0.1) is 0 Å². The Bertz CT molecular complexity index is 291. The van der Waals surface area contributed by atoms with Gasteiger partial charge < -0.3 is 4.90 Å². The summed E-state index contributed by atoms with van der Waals surface area (Å²) in [5.74, 6) is 0.855. The van der Waals surface area contributed by atoms with Crippen molar-refractivity contribution in [3.8, 4) is 0 Å². The van der Waals surface area contributed by atoms with Crippen LogP contribution in [0.15, 0.2) is 23.8 Å². The van der Waals surface area contributed by atoms with Crippen LogP contribution in [0, 0.1) is 5.92 Å². The second-order valence-corrected chi connectivity index (χ2v) is 4.34. The van der Waals surface area contributed by atoms with E-state index in [4.69, 9.17) is 0 Å². The molecule has 0 saturated carbocycles. The smallest absolute Gasteiger partial charge is 0.223 e. The molecule has 0 spiro atoms. The van der Waals surface area contributed by atoms with Crippen LogP contribution >= 0.6 is 0 Å². The van der Waals surface area contributed by atoms with Gasteiger partial charge >= 0.3 is 0 Å². The van der Waals surface area contributed by atoms with Gasteiger partial charge in [0.2, 0.25) is 5.91 Å². The molecule has 14 heavy (non-hydrogen) atoms. The number of allylic oxidation sites excluding steroid dienone is 2. The molecule has 0 N–H and O–H groups in total. The Labute approximate surface area is 85.3 Å². The van der Waals surface area contributed by atoms with E-state index in [1.165, 1.54) is 5.57 Å². The number of likely N-dealkylation sites (tertiary alicyclic amines) is 1. The van der Waals surface area contributed by atoms with Gasteiger partial charge in [-0.05, 0) is 24.3 Å². The van der Waals surface area contributed by atoms with Gasteiger partial charge in [-0.3, -0.25) is 4.79 Å². The number of carbonyl (C=O) groups is 1. The first-order valence-electron chi connectivity index (χ1n) is 5.39. The molecular formula is C12H17NO. The molecule has 0 aromatic rings. The van der Waals surface area contributed by atoms with Gasteiger partial charge in [0.25, 0.3) is 0 Å². The molecule has 2 aliphatic rings. The molecule has 1 aliphatic carbocycles. The lowest BCUT2D eigenvalue weighted by Gasteiger charge is -2.17. The van der Waals surface area contributed by atoms with E-state index in [1.807, 2.05) is 4.90 Å². The Kier molecular flexibility index (Phi) is 2.71. The monoisotopic (exact) mass is 191 g/mol. The fraction of sp³-hybridized carbons (Fsp3) is 0.583. The normalized spacial score (nSPS) is 26.9. The quantitative estimate of drug-likeness (QED) is 0.654. The van der Waals surface area contributed by atoms with E-state index in [-0.39, 0.29) is 0 Å². The molecule has 76 valence electrons. The average Bonchev–Trinajstić information content (AvgIpc) is 2.47. The van der Waals surface area contributed by atoms with Crippen LogP contribution < -0.4 is 0 Å². The first-order valence-corrected chi connectivity index (χ1v) is 5.39. The van der Waals surface area contributed by atoms with Crippen molar-refractivity contribution in [1.29, 1.82) is 0 Å². The van der Waals surface area contributed by atoms with E-state index in [1.54, 1.807) is 0 Å². The predicted molar refractivity (Wildman–Crippen MR) is 56.8 cm³/mol. The summed E-state index contributed by atoms with van der Waals surface area (Å²) in [6.45, 7) is 3.90. The summed E-state index contributed by atoms with van der Waals surface area (Å²) in [7, 11) is 0. The molecular weight excluding hydrogens is 174 g/mol. The highest BCUT2D eigenvalue weighted by Gasteiger charge is 2.26. The second-order valence-electron chi connectivity index (χ2n) is 4.34. The lowest BCUT2D eigenvalue weighted by molar-refractivity contribution is -0.127. The number of amides is 1. The number of nitrogens with zero attached hydrogens (tertiary/aromatic N) is 1. The summed E-state index contributed by atoms with van der Waals surface area (Å²) in [5.41, 5.74) is 1.30. The Morgan fingerprint density at radius 3 is 2.93 bits per heavy atom. The molecule has 2 rings (SSSR count). The maximum Gasteiger partial charge on any atom is 0.223 e. The van der Waals surface area contributed by atoms with Crippen molar-refractivity contribution < 1.29 is 4.79 Å². The fourth-order valence-corrected chi connectivity index (χ4v) is 2.13. The van der Waals surface area contributed by atoms with E-state index in [2.05, 4.69) is 25.2 Å². The molecule has 2 heteroatoms. The molecule has 0 radical (unpaired) electrons. The zero-order valence-electron chi connectivity index (χ0n) is 8.70. The van der Waals surface area contributed by atoms with Crippen LogP contribution in [-0.4, -0.2) is 23.9 Å². The first kappa shape index (κ1) is 9.50. The third kappa shape index (κ3) is 2.06. The van der Waals surface area contributed by atoms with E-state index in [0.29, 0.717) is 11.8 Å². The summed E-state index contributed by atoms with van der Waals surface area (Å²) < 4.78 is 0. The van der Waals surface area contributed by atoms with Crippen LogP contribution in [0.5, 0.6) is 0 Å². The molecule has 1 atom stereocenters. The van der Waals surface area contributed by atoms with Crippen LogP contribution in [-0.2, 0) is 4.79 Å². The summed E-state index contributed by atoms with van der Waals surface area (Å²) >= 11 is 0. The van der Waals surface area contributed by atoms with E-state index < -0.39 is 0 Å². The topological polar surface area (TPSA) is 20.3 Å².